The van der Waals surface area contributed by atoms with Crippen LogP contribution in [0.1, 0.15) is 12.0 Å². The number of aliphatic carboxylic acids is 1. The van der Waals surface area contributed by atoms with E-state index in [1.165, 1.54) is 0 Å². The van der Waals surface area contributed by atoms with Gasteiger partial charge in [-0.2, -0.15) is 0 Å². The first kappa shape index (κ1) is 13.2. The molecule has 0 aromatic heterocycles. The fraction of sp³-hybridized carbons (Fsp3) is 0.308. The smallest absolute Gasteiger partial charge is 0.305 e. The maximum Gasteiger partial charge on any atom is 0.305 e. The van der Waals surface area contributed by atoms with Gasteiger partial charge >= 0.3 is 5.97 Å². The molecule has 1 aromatic carbocycles. The minimum atomic E-state index is -1.07. The molecule has 19 heavy (non-hydrogen) atoms. The van der Waals surface area contributed by atoms with E-state index in [1.807, 2.05) is 30.3 Å². The highest BCUT2D eigenvalue weighted by Gasteiger charge is 2.34. The zero-order valence-electron chi connectivity index (χ0n) is 10.2. The summed E-state index contributed by atoms with van der Waals surface area (Å²) in [5.74, 6) is -1.89. The highest BCUT2D eigenvalue weighted by Crippen LogP contribution is 2.11. The van der Waals surface area contributed by atoms with Gasteiger partial charge in [0.25, 0.3) is 0 Å². The van der Waals surface area contributed by atoms with Gasteiger partial charge in [-0.15, -0.1) is 0 Å². The normalized spacial score (nSPS) is 19.6. The van der Waals surface area contributed by atoms with Crippen molar-refractivity contribution in [3.05, 3.63) is 35.9 Å². The van der Waals surface area contributed by atoms with Gasteiger partial charge in [0.1, 0.15) is 0 Å². The number of carboxylic acids is 1. The van der Waals surface area contributed by atoms with Gasteiger partial charge in [0.2, 0.25) is 11.8 Å². The molecule has 1 fully saturated rings. The molecule has 100 valence electrons. The summed E-state index contributed by atoms with van der Waals surface area (Å²) in [6.07, 6.45) is -0.322. The molecule has 1 aromatic rings. The summed E-state index contributed by atoms with van der Waals surface area (Å²) in [6.45, 7) is 0.160. The van der Waals surface area contributed by atoms with Crippen molar-refractivity contribution in [2.24, 2.45) is 0 Å². The quantitative estimate of drug-likeness (QED) is 0.745. The van der Waals surface area contributed by atoms with Gasteiger partial charge in [-0.3, -0.25) is 24.6 Å². The number of nitrogens with zero attached hydrogens (tertiary/aromatic N) is 1. The predicted molar refractivity (Wildman–Crippen MR) is 66.0 cm³/mol. The number of carboxylic acid groups (broad SMARTS) is 1. The lowest BCUT2D eigenvalue weighted by Gasteiger charge is -2.30. The topological polar surface area (TPSA) is 86.7 Å². The van der Waals surface area contributed by atoms with Crippen LogP contribution in [-0.2, 0) is 20.9 Å². The van der Waals surface area contributed by atoms with E-state index >= 15 is 0 Å². The average molecular weight is 262 g/mol. The number of carbonyl (C=O) groups excluding carboxylic acids is 2. The second-order valence-corrected chi connectivity index (χ2v) is 4.34. The Bertz CT molecular complexity index is 501. The van der Waals surface area contributed by atoms with Crippen molar-refractivity contribution in [2.45, 2.75) is 19.0 Å². The highest BCUT2D eigenvalue weighted by molar-refractivity contribution is 6.02. The second-order valence-electron chi connectivity index (χ2n) is 4.34. The summed E-state index contributed by atoms with van der Waals surface area (Å²) in [4.78, 5) is 35.6. The Hall–Kier alpha value is -2.21. The molecule has 6 nitrogen and oxygen atoms in total. The van der Waals surface area contributed by atoms with Crippen LogP contribution in [0.5, 0.6) is 0 Å². The Kier molecular flexibility index (Phi) is 3.91. The van der Waals surface area contributed by atoms with Crippen LogP contribution in [0, 0.1) is 0 Å². The van der Waals surface area contributed by atoms with E-state index in [-0.39, 0.29) is 25.4 Å². The first-order chi connectivity index (χ1) is 9.08. The van der Waals surface area contributed by atoms with E-state index in [9.17, 15) is 14.4 Å². The molecule has 0 radical (unpaired) electrons. The van der Waals surface area contributed by atoms with Crippen molar-refractivity contribution < 1.29 is 19.5 Å². The summed E-state index contributed by atoms with van der Waals surface area (Å²) in [5.41, 5.74) is 0.833. The number of rotatable bonds is 4. The summed E-state index contributed by atoms with van der Waals surface area (Å²) in [5, 5.41) is 11.4. The number of carbonyl (C=O) groups is 3. The van der Waals surface area contributed by atoms with Gasteiger partial charge in [0.15, 0.2) is 0 Å². The largest absolute Gasteiger partial charge is 0.481 e. The number of imide groups is 1. The lowest BCUT2D eigenvalue weighted by atomic mass is 10.1. The maximum absolute atomic E-state index is 12.1. The molecule has 0 spiro atoms. The van der Waals surface area contributed by atoms with Crippen LogP contribution >= 0.6 is 0 Å². The first-order valence-corrected chi connectivity index (χ1v) is 5.91. The van der Waals surface area contributed by atoms with E-state index in [2.05, 4.69) is 5.32 Å². The lowest BCUT2D eigenvalue weighted by Crippen LogP contribution is -2.58. The van der Waals surface area contributed by atoms with Crippen molar-refractivity contribution in [1.82, 2.24) is 10.2 Å². The van der Waals surface area contributed by atoms with Crippen molar-refractivity contribution in [1.29, 1.82) is 0 Å². The lowest BCUT2D eigenvalue weighted by molar-refractivity contribution is -0.153. The van der Waals surface area contributed by atoms with Crippen LogP contribution in [0.2, 0.25) is 0 Å². The monoisotopic (exact) mass is 262 g/mol. The van der Waals surface area contributed by atoms with Crippen LogP contribution in [-0.4, -0.2) is 40.4 Å². The van der Waals surface area contributed by atoms with Crippen LogP contribution < -0.4 is 5.32 Å². The van der Waals surface area contributed by atoms with Gasteiger partial charge in [0.05, 0.1) is 25.6 Å². The van der Waals surface area contributed by atoms with E-state index in [0.29, 0.717) is 0 Å². The molecule has 1 aliphatic heterocycles. The summed E-state index contributed by atoms with van der Waals surface area (Å²) >= 11 is 0. The minimum Gasteiger partial charge on any atom is -0.481 e. The Balaban J connectivity index is 2.11. The van der Waals surface area contributed by atoms with E-state index in [4.69, 9.17) is 5.11 Å². The minimum absolute atomic E-state index is 0.0173. The molecule has 1 unspecified atom stereocenters. The standard InChI is InChI=1S/C13H14N2O4/c16-11-7-14-10(6-12(17)18)13(19)15(11)8-9-4-2-1-3-5-9/h1-5,10,14H,6-8H2,(H,17,18). The third kappa shape index (κ3) is 3.17. The molecule has 1 aliphatic rings. The molecule has 2 amide bonds. The van der Waals surface area contributed by atoms with Gasteiger partial charge in [0, 0.05) is 0 Å². The summed E-state index contributed by atoms with van der Waals surface area (Å²) in [7, 11) is 0. The van der Waals surface area contributed by atoms with Gasteiger partial charge in [-0.05, 0) is 5.56 Å². The molecule has 0 bridgehead atoms. The Morgan fingerprint density at radius 2 is 2.00 bits per heavy atom. The Morgan fingerprint density at radius 1 is 1.32 bits per heavy atom. The molecule has 0 aliphatic carbocycles. The van der Waals surface area contributed by atoms with E-state index < -0.39 is 17.9 Å². The van der Waals surface area contributed by atoms with Crippen molar-refractivity contribution in [3.63, 3.8) is 0 Å². The van der Waals surface area contributed by atoms with E-state index in [1.54, 1.807) is 0 Å². The molecular weight excluding hydrogens is 248 g/mol. The summed E-state index contributed by atoms with van der Waals surface area (Å²) < 4.78 is 0. The van der Waals surface area contributed by atoms with Crippen molar-refractivity contribution in [3.8, 4) is 0 Å². The fourth-order valence-corrected chi connectivity index (χ4v) is 1.97. The molecule has 1 atom stereocenters. The molecule has 6 heteroatoms. The zero-order chi connectivity index (χ0) is 13.8. The number of hydrogen-bond donors (Lipinski definition) is 2. The third-order valence-electron chi connectivity index (χ3n) is 2.93. The van der Waals surface area contributed by atoms with Crippen LogP contribution in [0.15, 0.2) is 30.3 Å². The number of piperazine rings is 1. The number of amides is 2. The van der Waals surface area contributed by atoms with E-state index in [0.717, 1.165) is 10.5 Å². The summed E-state index contributed by atoms with van der Waals surface area (Å²) in [6, 6.07) is 8.28. The Labute approximate surface area is 110 Å². The maximum atomic E-state index is 12.1. The van der Waals surface area contributed by atoms with Crippen molar-refractivity contribution >= 4 is 17.8 Å². The molecule has 1 saturated heterocycles. The predicted octanol–water partition coefficient (Wildman–Crippen LogP) is -0.0117. The Morgan fingerprint density at radius 3 is 2.63 bits per heavy atom. The zero-order valence-corrected chi connectivity index (χ0v) is 10.2. The van der Waals surface area contributed by atoms with Crippen LogP contribution in [0.25, 0.3) is 0 Å². The average Bonchev–Trinajstić information content (AvgIpc) is 2.39. The number of hydrogen-bond acceptors (Lipinski definition) is 4. The van der Waals surface area contributed by atoms with Gasteiger partial charge in [-0.1, -0.05) is 30.3 Å². The van der Waals surface area contributed by atoms with Gasteiger partial charge in [-0.25, -0.2) is 0 Å². The van der Waals surface area contributed by atoms with Crippen LogP contribution in [0.4, 0.5) is 0 Å². The van der Waals surface area contributed by atoms with Crippen LogP contribution in [0.3, 0.4) is 0 Å². The highest BCUT2D eigenvalue weighted by atomic mass is 16.4. The number of benzene rings is 1. The fourth-order valence-electron chi connectivity index (χ4n) is 1.97. The molecule has 2 rings (SSSR count). The van der Waals surface area contributed by atoms with Gasteiger partial charge < -0.3 is 5.11 Å². The SMILES string of the molecule is O=C(O)CC1NCC(=O)N(Cc2ccccc2)C1=O. The first-order valence-electron chi connectivity index (χ1n) is 5.91. The molecule has 1 heterocycles. The molecule has 2 N–H and O–H groups in total. The molecule has 0 saturated carbocycles. The van der Waals surface area contributed by atoms with Crippen molar-refractivity contribution in [2.75, 3.05) is 6.54 Å². The second kappa shape index (κ2) is 5.62. The molecular formula is C13H14N2O4. The number of nitrogens with one attached hydrogen (secondary N) is 1. The third-order valence-corrected chi connectivity index (χ3v) is 2.93.